The molecule has 12 nitrogen and oxygen atoms in total. The van der Waals surface area contributed by atoms with Crippen LogP contribution in [-0.4, -0.2) is 55.4 Å². The quantitative estimate of drug-likeness (QED) is 0.359. The van der Waals surface area contributed by atoms with Crippen LogP contribution in [0.2, 0.25) is 0 Å². The first kappa shape index (κ1) is 25.7. The molecule has 5 rings (SSSR count). The van der Waals surface area contributed by atoms with E-state index in [2.05, 4.69) is 40.4 Å². The van der Waals surface area contributed by atoms with Gasteiger partial charge in [-0.05, 0) is 38.8 Å². The Morgan fingerprint density at radius 3 is 2.66 bits per heavy atom. The molecule has 1 aliphatic carbocycles. The first-order valence-electron chi connectivity index (χ1n) is 11.7. The zero-order valence-electron chi connectivity index (χ0n) is 20.4. The molecule has 0 spiro atoms. The van der Waals surface area contributed by atoms with Gasteiger partial charge in [-0.2, -0.15) is 18.0 Å². The summed E-state index contributed by atoms with van der Waals surface area (Å²) in [6.45, 7) is 0.886. The van der Waals surface area contributed by atoms with Crippen LogP contribution < -0.4 is 21.1 Å². The van der Waals surface area contributed by atoms with Crippen molar-refractivity contribution in [3.8, 4) is 17.3 Å². The summed E-state index contributed by atoms with van der Waals surface area (Å²) in [6.07, 6.45) is 11.3. The summed E-state index contributed by atoms with van der Waals surface area (Å²) in [6, 6.07) is 1.65. The van der Waals surface area contributed by atoms with Crippen molar-refractivity contribution in [2.24, 2.45) is 5.73 Å². The van der Waals surface area contributed by atoms with Gasteiger partial charge in [-0.3, -0.25) is 0 Å². The number of alkyl halides is 2. The molecule has 0 radical (unpaired) electrons. The van der Waals surface area contributed by atoms with E-state index in [0.717, 1.165) is 10.3 Å². The minimum Gasteiger partial charge on any atom is -0.415 e. The van der Waals surface area contributed by atoms with E-state index in [9.17, 15) is 17.2 Å². The molecule has 38 heavy (non-hydrogen) atoms. The zero-order valence-corrected chi connectivity index (χ0v) is 21.2. The second-order valence-corrected chi connectivity index (χ2v) is 11.2. The van der Waals surface area contributed by atoms with Gasteiger partial charge in [-0.25, -0.2) is 28.4 Å². The highest BCUT2D eigenvalue weighted by molar-refractivity contribution is 7.90. The first-order chi connectivity index (χ1) is 18.0. The van der Waals surface area contributed by atoms with Crippen LogP contribution in [0.1, 0.15) is 38.1 Å². The summed E-state index contributed by atoms with van der Waals surface area (Å²) in [4.78, 5) is 16.9. The Morgan fingerprint density at radius 1 is 1.21 bits per heavy atom. The van der Waals surface area contributed by atoms with Crippen LogP contribution in [0.15, 0.2) is 55.0 Å². The molecule has 2 aliphatic rings. The summed E-state index contributed by atoms with van der Waals surface area (Å²) in [5.41, 5.74) is 7.88. The van der Waals surface area contributed by atoms with Crippen LogP contribution in [-0.2, 0) is 15.7 Å². The Hall–Kier alpha value is -3.98. The summed E-state index contributed by atoms with van der Waals surface area (Å²) >= 11 is 0. The van der Waals surface area contributed by atoms with Gasteiger partial charge in [0, 0.05) is 29.7 Å². The Morgan fingerprint density at radius 2 is 2.00 bits per heavy atom. The molecule has 3 aromatic rings. The van der Waals surface area contributed by atoms with Gasteiger partial charge in [-0.1, -0.05) is 0 Å². The molecule has 4 heterocycles. The number of halogens is 2. The van der Waals surface area contributed by atoms with Crippen LogP contribution in [0.4, 0.5) is 8.78 Å². The fraction of sp³-hybridized carbons (Fsp3) is 0.348. The standard InChI is InChI=1S/C23H25F2N9O3S/c1-13(2)32-17-7-23(26,30-9-16(17)18-10-29-20(11-28-18)37-22(24)25)19-5-6-27-21(33-19)14-8-31-34(12-14)38(35,36)15-3-4-15/h5-13,15,22,30,32H,3-4,26H2,1-2H3. The first-order valence-corrected chi connectivity index (χ1v) is 13.2. The normalized spacial score (nSPS) is 19.7. The summed E-state index contributed by atoms with van der Waals surface area (Å²) in [5.74, 6) is -0.0428. The number of aromatic nitrogens is 6. The maximum absolute atomic E-state index is 12.5. The van der Waals surface area contributed by atoms with Crippen molar-refractivity contribution >= 4 is 15.6 Å². The molecule has 1 saturated carbocycles. The van der Waals surface area contributed by atoms with Crippen LogP contribution in [0.5, 0.6) is 5.88 Å². The summed E-state index contributed by atoms with van der Waals surface area (Å²) in [7, 11) is -3.52. The molecule has 0 saturated heterocycles. The highest BCUT2D eigenvalue weighted by Crippen LogP contribution is 2.31. The third kappa shape index (κ3) is 5.19. The molecule has 1 atom stereocenters. The van der Waals surface area contributed by atoms with Crippen molar-refractivity contribution in [1.29, 1.82) is 0 Å². The number of allylic oxidation sites excluding steroid dienone is 1. The Bertz CT molecular complexity index is 1500. The van der Waals surface area contributed by atoms with Gasteiger partial charge in [0.05, 0.1) is 47.0 Å². The average Bonchev–Trinajstić information content (AvgIpc) is 3.61. The Labute approximate surface area is 217 Å². The maximum Gasteiger partial charge on any atom is 0.388 e. The van der Waals surface area contributed by atoms with E-state index in [1.807, 2.05) is 13.8 Å². The monoisotopic (exact) mass is 545 g/mol. The number of nitrogens with zero attached hydrogens (tertiary/aromatic N) is 6. The molecular weight excluding hydrogens is 520 g/mol. The number of dihydropyridines is 1. The Balaban J connectivity index is 1.44. The summed E-state index contributed by atoms with van der Waals surface area (Å²) < 4.78 is 55.2. The number of ether oxygens (including phenoxy) is 1. The predicted octanol–water partition coefficient (Wildman–Crippen LogP) is 1.71. The predicted molar refractivity (Wildman–Crippen MR) is 133 cm³/mol. The second-order valence-electron chi connectivity index (χ2n) is 9.16. The molecule has 15 heteroatoms. The zero-order chi connectivity index (χ0) is 27.1. The largest absolute Gasteiger partial charge is 0.415 e. The molecule has 1 aliphatic heterocycles. The van der Waals surface area contributed by atoms with Crippen molar-refractivity contribution in [3.63, 3.8) is 0 Å². The topological polar surface area (TPSA) is 163 Å². The van der Waals surface area contributed by atoms with Gasteiger partial charge in [0.25, 0.3) is 10.0 Å². The summed E-state index contributed by atoms with van der Waals surface area (Å²) in [5, 5.41) is 10.0. The van der Waals surface area contributed by atoms with E-state index < -0.39 is 27.5 Å². The van der Waals surface area contributed by atoms with Gasteiger partial charge in [0.2, 0.25) is 5.88 Å². The molecule has 1 fully saturated rings. The van der Waals surface area contributed by atoms with Crippen LogP contribution >= 0.6 is 0 Å². The van der Waals surface area contributed by atoms with Crippen molar-refractivity contribution in [2.45, 2.75) is 50.3 Å². The number of hydrogen-bond acceptors (Lipinski definition) is 11. The molecule has 0 aromatic carbocycles. The van der Waals surface area contributed by atoms with Crippen molar-refractivity contribution in [1.82, 2.24) is 39.8 Å². The van der Waals surface area contributed by atoms with Gasteiger partial charge in [0.1, 0.15) is 0 Å². The second kappa shape index (κ2) is 9.72. The van der Waals surface area contributed by atoms with Gasteiger partial charge < -0.3 is 21.1 Å². The van der Waals surface area contributed by atoms with Crippen LogP contribution in [0.3, 0.4) is 0 Å². The molecule has 200 valence electrons. The number of rotatable bonds is 9. The lowest BCUT2D eigenvalue weighted by atomic mass is 9.97. The SMILES string of the molecule is CC(C)NC1=CC(N)(c2ccnc(-c3cnn(S(=O)(=O)C4CC4)c3)n2)NC=C1c1cnc(OC(F)F)cn1. The molecule has 0 amide bonds. The fourth-order valence-electron chi connectivity index (χ4n) is 3.82. The van der Waals surface area contributed by atoms with E-state index in [1.165, 1.54) is 24.8 Å². The van der Waals surface area contributed by atoms with Crippen molar-refractivity contribution < 1.29 is 21.9 Å². The smallest absolute Gasteiger partial charge is 0.388 e. The van der Waals surface area contributed by atoms with Gasteiger partial charge in [-0.15, -0.1) is 0 Å². The highest BCUT2D eigenvalue weighted by Gasteiger charge is 2.38. The molecule has 4 N–H and O–H groups in total. The third-order valence-corrected chi connectivity index (χ3v) is 7.81. The van der Waals surface area contributed by atoms with Gasteiger partial charge >= 0.3 is 6.61 Å². The fourth-order valence-corrected chi connectivity index (χ4v) is 5.30. The minimum absolute atomic E-state index is 0.0154. The lowest BCUT2D eigenvalue weighted by Crippen LogP contribution is -2.50. The number of hydrogen-bond donors (Lipinski definition) is 3. The van der Waals surface area contributed by atoms with E-state index in [-0.39, 0.29) is 17.7 Å². The number of nitrogens with one attached hydrogen (secondary N) is 2. The Kier molecular flexibility index (Phi) is 6.56. The lowest BCUT2D eigenvalue weighted by Gasteiger charge is -2.33. The average molecular weight is 546 g/mol. The molecular formula is C23H25F2N9O3S. The number of nitrogens with two attached hydrogens (primary N) is 1. The van der Waals surface area contributed by atoms with Crippen LogP contribution in [0.25, 0.3) is 17.0 Å². The van der Waals surface area contributed by atoms with Crippen LogP contribution in [0, 0.1) is 0 Å². The van der Waals surface area contributed by atoms with E-state index in [1.54, 1.807) is 18.3 Å². The van der Waals surface area contributed by atoms with Crippen molar-refractivity contribution in [3.05, 3.63) is 66.4 Å². The van der Waals surface area contributed by atoms with Crippen molar-refractivity contribution in [2.75, 3.05) is 0 Å². The molecule has 1 unspecified atom stereocenters. The molecule has 0 bridgehead atoms. The molecule has 3 aromatic heterocycles. The minimum atomic E-state index is -3.52. The maximum atomic E-state index is 12.5. The third-order valence-electron chi connectivity index (χ3n) is 5.78. The lowest BCUT2D eigenvalue weighted by molar-refractivity contribution is -0.0531. The van der Waals surface area contributed by atoms with Gasteiger partial charge in [0.15, 0.2) is 11.5 Å². The van der Waals surface area contributed by atoms with E-state index in [4.69, 9.17) is 5.73 Å². The van der Waals surface area contributed by atoms with E-state index in [0.29, 0.717) is 41.1 Å². The van der Waals surface area contributed by atoms with E-state index >= 15 is 0 Å². The highest BCUT2D eigenvalue weighted by atomic mass is 32.2.